The smallest absolute Gasteiger partial charge is 0.244 e. The lowest BCUT2D eigenvalue weighted by Gasteiger charge is -2.14. The molecule has 5 nitrogen and oxygen atoms in total. The van der Waals surface area contributed by atoms with E-state index >= 15 is 0 Å². The van der Waals surface area contributed by atoms with E-state index in [1.54, 1.807) is 6.07 Å². The van der Waals surface area contributed by atoms with Crippen LogP contribution in [0.5, 0.6) is 11.5 Å². The second-order valence-corrected chi connectivity index (χ2v) is 6.84. The largest absolute Gasteiger partial charge is 0.496 e. The van der Waals surface area contributed by atoms with Crippen molar-refractivity contribution >= 4 is 10.0 Å². The maximum absolute atomic E-state index is 12.5. The molecule has 0 heterocycles. The molecule has 0 bridgehead atoms. The monoisotopic (exact) mass is 335 g/mol. The summed E-state index contributed by atoms with van der Waals surface area (Å²) in [5.74, 6) is 0.810. The average Bonchev–Trinajstić information content (AvgIpc) is 2.55. The molecule has 0 aromatic heterocycles. The lowest BCUT2D eigenvalue weighted by atomic mass is 10.2. The van der Waals surface area contributed by atoms with E-state index in [9.17, 15) is 8.42 Å². The first-order valence-electron chi connectivity index (χ1n) is 7.24. The van der Waals surface area contributed by atoms with E-state index in [-0.39, 0.29) is 4.90 Å². The van der Waals surface area contributed by atoms with Crippen LogP contribution in [0.3, 0.4) is 0 Å². The molecule has 0 fully saturated rings. The highest BCUT2D eigenvalue weighted by Crippen LogP contribution is 2.31. The quantitative estimate of drug-likeness (QED) is 0.844. The third kappa shape index (κ3) is 4.24. The number of hydrogen-bond donors (Lipinski definition) is 1. The molecule has 0 aliphatic heterocycles. The molecule has 2 aromatic rings. The number of benzene rings is 2. The van der Waals surface area contributed by atoms with Gasteiger partial charge in [-0.3, -0.25) is 0 Å². The minimum absolute atomic E-state index is 0.0792. The Hall–Kier alpha value is -2.05. The summed E-state index contributed by atoms with van der Waals surface area (Å²) in [6.07, 6.45) is 0.616. The Morgan fingerprint density at radius 3 is 2.26 bits per heavy atom. The standard InChI is InChI=1S/C17H21NO4S/c1-13-11-16(22-3)17(12-15(13)21-2)23(19,20)18-10-9-14-7-5-4-6-8-14/h4-8,11-12,18H,9-10H2,1-3H3. The predicted molar refractivity (Wildman–Crippen MR) is 89.6 cm³/mol. The lowest BCUT2D eigenvalue weighted by molar-refractivity contribution is 0.390. The fourth-order valence-electron chi connectivity index (χ4n) is 2.28. The summed E-state index contributed by atoms with van der Waals surface area (Å²) < 4.78 is 38.1. The molecule has 0 atom stereocenters. The molecule has 1 N–H and O–H groups in total. The molecule has 23 heavy (non-hydrogen) atoms. The van der Waals surface area contributed by atoms with Gasteiger partial charge in [0.2, 0.25) is 10.0 Å². The first-order chi connectivity index (χ1) is 11.0. The van der Waals surface area contributed by atoms with E-state index in [4.69, 9.17) is 9.47 Å². The molecule has 6 heteroatoms. The van der Waals surface area contributed by atoms with Gasteiger partial charge in [0.05, 0.1) is 14.2 Å². The number of rotatable bonds is 7. The van der Waals surface area contributed by atoms with Gasteiger partial charge >= 0.3 is 0 Å². The van der Waals surface area contributed by atoms with Gasteiger partial charge in [-0.05, 0) is 30.5 Å². The summed E-state index contributed by atoms with van der Waals surface area (Å²) in [7, 11) is -0.721. The first kappa shape index (κ1) is 17.3. The number of aryl methyl sites for hydroxylation is 1. The molecular formula is C17H21NO4S. The molecule has 0 saturated carbocycles. The summed E-state index contributed by atoms with van der Waals surface area (Å²) in [6.45, 7) is 2.15. The number of hydrogen-bond acceptors (Lipinski definition) is 4. The Bertz CT molecular complexity index is 758. The predicted octanol–water partition coefficient (Wildman–Crippen LogP) is 2.53. The minimum Gasteiger partial charge on any atom is -0.496 e. The third-order valence-corrected chi connectivity index (χ3v) is 5.00. The molecule has 2 aromatic carbocycles. The van der Waals surface area contributed by atoms with Gasteiger partial charge in [-0.2, -0.15) is 0 Å². The molecule has 0 amide bonds. The van der Waals surface area contributed by atoms with E-state index in [1.807, 2.05) is 37.3 Å². The van der Waals surface area contributed by atoms with Crippen molar-refractivity contribution in [2.45, 2.75) is 18.2 Å². The highest BCUT2D eigenvalue weighted by molar-refractivity contribution is 7.89. The second kappa shape index (κ2) is 7.48. The van der Waals surface area contributed by atoms with Gasteiger partial charge in [0, 0.05) is 12.6 Å². The summed E-state index contributed by atoms with van der Waals surface area (Å²) in [4.78, 5) is 0.0792. The summed E-state index contributed by atoms with van der Waals surface area (Å²) >= 11 is 0. The highest BCUT2D eigenvalue weighted by atomic mass is 32.2. The fourth-order valence-corrected chi connectivity index (χ4v) is 3.48. The van der Waals surface area contributed by atoms with Gasteiger partial charge in [0.25, 0.3) is 0 Å². The normalized spacial score (nSPS) is 11.3. The summed E-state index contributed by atoms with van der Waals surface area (Å²) in [6, 6.07) is 12.9. The van der Waals surface area contributed by atoms with E-state index < -0.39 is 10.0 Å². The van der Waals surface area contributed by atoms with Crippen molar-refractivity contribution in [3.05, 3.63) is 53.6 Å². The average molecular weight is 335 g/mol. The minimum atomic E-state index is -3.68. The fraction of sp³-hybridized carbons (Fsp3) is 0.294. The zero-order valence-corrected chi connectivity index (χ0v) is 14.3. The zero-order valence-electron chi connectivity index (χ0n) is 13.5. The van der Waals surface area contributed by atoms with Crippen LogP contribution in [0.2, 0.25) is 0 Å². The maximum atomic E-state index is 12.5. The molecule has 124 valence electrons. The SMILES string of the molecule is COc1cc(S(=O)(=O)NCCc2ccccc2)c(OC)cc1C. The van der Waals surface area contributed by atoms with Crippen molar-refractivity contribution in [2.75, 3.05) is 20.8 Å². The molecule has 0 saturated heterocycles. The van der Waals surface area contributed by atoms with Gasteiger partial charge in [0.15, 0.2) is 0 Å². The van der Waals surface area contributed by atoms with Crippen LogP contribution in [-0.2, 0) is 16.4 Å². The molecule has 0 aliphatic rings. The van der Waals surface area contributed by atoms with Crippen LogP contribution in [0, 0.1) is 6.92 Å². The Morgan fingerprint density at radius 1 is 1.00 bits per heavy atom. The molecule has 2 rings (SSSR count). The summed E-state index contributed by atoms with van der Waals surface area (Å²) in [5.41, 5.74) is 1.89. The highest BCUT2D eigenvalue weighted by Gasteiger charge is 2.21. The number of ether oxygens (including phenoxy) is 2. The first-order valence-corrected chi connectivity index (χ1v) is 8.72. The van der Waals surface area contributed by atoms with E-state index in [0.717, 1.165) is 11.1 Å². The van der Waals surface area contributed by atoms with Crippen LogP contribution in [0.15, 0.2) is 47.4 Å². The van der Waals surface area contributed by atoms with Crippen LogP contribution in [-0.4, -0.2) is 29.2 Å². The molecular weight excluding hydrogens is 314 g/mol. The van der Waals surface area contributed by atoms with Gasteiger partial charge in [-0.25, -0.2) is 13.1 Å². The van der Waals surface area contributed by atoms with Crippen molar-refractivity contribution in [3.63, 3.8) is 0 Å². The zero-order chi connectivity index (χ0) is 16.9. The molecule has 0 aliphatic carbocycles. The molecule has 0 radical (unpaired) electrons. The van der Waals surface area contributed by atoms with Crippen LogP contribution in [0.4, 0.5) is 0 Å². The van der Waals surface area contributed by atoms with Crippen molar-refractivity contribution in [2.24, 2.45) is 0 Å². The van der Waals surface area contributed by atoms with Crippen LogP contribution in [0.25, 0.3) is 0 Å². The Morgan fingerprint density at radius 2 is 1.65 bits per heavy atom. The van der Waals surface area contributed by atoms with Gasteiger partial charge in [0.1, 0.15) is 16.4 Å². The van der Waals surface area contributed by atoms with Crippen molar-refractivity contribution in [1.29, 1.82) is 0 Å². The number of sulfonamides is 1. The Labute approximate surface area is 137 Å². The Kier molecular flexibility index (Phi) is 5.63. The topological polar surface area (TPSA) is 64.6 Å². The number of methoxy groups -OCH3 is 2. The maximum Gasteiger partial charge on any atom is 0.244 e. The van der Waals surface area contributed by atoms with Crippen molar-refractivity contribution < 1.29 is 17.9 Å². The Balaban J connectivity index is 2.18. The molecule has 0 spiro atoms. The van der Waals surface area contributed by atoms with Crippen LogP contribution in [0.1, 0.15) is 11.1 Å². The van der Waals surface area contributed by atoms with Gasteiger partial charge in [-0.15, -0.1) is 0 Å². The third-order valence-electron chi connectivity index (χ3n) is 3.52. The lowest BCUT2D eigenvalue weighted by Crippen LogP contribution is -2.26. The van der Waals surface area contributed by atoms with E-state index in [1.165, 1.54) is 20.3 Å². The second-order valence-electron chi connectivity index (χ2n) is 5.11. The van der Waals surface area contributed by atoms with Gasteiger partial charge in [-0.1, -0.05) is 30.3 Å². The van der Waals surface area contributed by atoms with Gasteiger partial charge < -0.3 is 9.47 Å². The van der Waals surface area contributed by atoms with E-state index in [0.29, 0.717) is 24.5 Å². The molecule has 0 unspecified atom stereocenters. The number of nitrogens with one attached hydrogen (secondary N) is 1. The van der Waals surface area contributed by atoms with Crippen molar-refractivity contribution in [3.8, 4) is 11.5 Å². The van der Waals surface area contributed by atoms with Crippen LogP contribution < -0.4 is 14.2 Å². The summed E-state index contributed by atoms with van der Waals surface area (Å²) in [5, 5.41) is 0. The van der Waals surface area contributed by atoms with Crippen LogP contribution >= 0.6 is 0 Å². The van der Waals surface area contributed by atoms with E-state index in [2.05, 4.69) is 4.72 Å². The van der Waals surface area contributed by atoms with Crippen molar-refractivity contribution in [1.82, 2.24) is 4.72 Å².